The highest BCUT2D eigenvalue weighted by Crippen LogP contribution is 2.24. The fourth-order valence-corrected chi connectivity index (χ4v) is 4.58. The van der Waals surface area contributed by atoms with Crippen molar-refractivity contribution in [3.05, 3.63) is 24.3 Å². The average molecular weight is 346 g/mol. The number of benzene rings is 1. The van der Waals surface area contributed by atoms with E-state index in [2.05, 4.69) is 10.2 Å². The second-order valence-electron chi connectivity index (χ2n) is 5.70. The monoisotopic (exact) mass is 345 g/mol. The quantitative estimate of drug-likeness (QED) is 0.905. The molecule has 5 nitrogen and oxygen atoms in total. The maximum absolute atomic E-state index is 12.7. The molecule has 2 aliphatic rings. The summed E-state index contributed by atoms with van der Waals surface area (Å²) in [4.78, 5) is 2.67. The molecule has 2 saturated heterocycles. The summed E-state index contributed by atoms with van der Waals surface area (Å²) in [5, 5.41) is 3.31. The first-order valence-electron chi connectivity index (χ1n) is 7.74. The zero-order valence-electron chi connectivity index (χ0n) is 12.7. The van der Waals surface area contributed by atoms with Gasteiger partial charge in [-0.2, -0.15) is 4.31 Å². The number of halogens is 1. The van der Waals surface area contributed by atoms with Crippen LogP contribution in [0.2, 0.25) is 0 Å². The molecule has 3 rings (SSSR count). The molecule has 1 aromatic carbocycles. The number of piperazine rings is 1. The molecular formula is C15H24ClN3O2S. The number of rotatable bonds is 3. The molecule has 7 heteroatoms. The number of sulfonamides is 1. The summed E-state index contributed by atoms with van der Waals surface area (Å²) in [5.74, 6) is 0. The van der Waals surface area contributed by atoms with Crippen molar-refractivity contribution in [1.29, 1.82) is 0 Å². The summed E-state index contributed by atoms with van der Waals surface area (Å²) in [6.45, 7) is 5.05. The number of piperidine rings is 1. The standard InChI is InChI=1S/C15H23N3O2S.ClH/c19-21(20,18-9-2-1-3-10-18)15-6-4-5-14(13-15)17-11-7-16-8-12-17;/h4-6,13,16H,1-3,7-12H2;1H. The Kier molecular flexibility index (Phi) is 6.09. The Bertz CT molecular complexity index is 582. The topological polar surface area (TPSA) is 52.7 Å². The third-order valence-corrected chi connectivity index (χ3v) is 6.15. The van der Waals surface area contributed by atoms with Gasteiger partial charge in [0.15, 0.2) is 0 Å². The van der Waals surface area contributed by atoms with Gasteiger partial charge in [0.25, 0.3) is 0 Å². The largest absolute Gasteiger partial charge is 0.369 e. The molecule has 0 amide bonds. The molecule has 0 aliphatic carbocycles. The zero-order chi connectivity index (χ0) is 14.7. The lowest BCUT2D eigenvalue weighted by Crippen LogP contribution is -2.43. The Morgan fingerprint density at radius 3 is 2.32 bits per heavy atom. The van der Waals surface area contributed by atoms with Crippen LogP contribution in [0.1, 0.15) is 19.3 Å². The van der Waals surface area contributed by atoms with E-state index < -0.39 is 10.0 Å². The Morgan fingerprint density at radius 2 is 1.64 bits per heavy atom. The van der Waals surface area contributed by atoms with Gasteiger partial charge in [-0.05, 0) is 31.0 Å². The lowest BCUT2D eigenvalue weighted by Gasteiger charge is -2.30. The maximum Gasteiger partial charge on any atom is 0.243 e. The molecule has 2 heterocycles. The predicted octanol–water partition coefficient (Wildman–Crippen LogP) is 1.69. The number of nitrogens with zero attached hydrogens (tertiary/aromatic N) is 2. The van der Waals surface area contributed by atoms with Crippen LogP contribution in [-0.2, 0) is 10.0 Å². The van der Waals surface area contributed by atoms with Crippen LogP contribution in [0.5, 0.6) is 0 Å². The third kappa shape index (κ3) is 3.74. The minimum Gasteiger partial charge on any atom is -0.369 e. The molecule has 2 aliphatic heterocycles. The fourth-order valence-electron chi connectivity index (χ4n) is 3.02. The van der Waals surface area contributed by atoms with Crippen LogP contribution in [-0.4, -0.2) is 52.0 Å². The van der Waals surface area contributed by atoms with Crippen molar-refractivity contribution in [1.82, 2.24) is 9.62 Å². The smallest absolute Gasteiger partial charge is 0.243 e. The molecule has 124 valence electrons. The SMILES string of the molecule is Cl.O=S(=O)(c1cccc(N2CCNCC2)c1)N1CCCCC1. The van der Waals surface area contributed by atoms with Crippen LogP contribution in [0.25, 0.3) is 0 Å². The van der Waals surface area contributed by atoms with Crippen molar-refractivity contribution in [3.63, 3.8) is 0 Å². The van der Waals surface area contributed by atoms with E-state index >= 15 is 0 Å². The highest BCUT2D eigenvalue weighted by Gasteiger charge is 2.26. The van der Waals surface area contributed by atoms with Gasteiger partial charge >= 0.3 is 0 Å². The molecule has 0 unspecified atom stereocenters. The number of hydrogen-bond acceptors (Lipinski definition) is 4. The van der Waals surface area contributed by atoms with Gasteiger partial charge in [-0.1, -0.05) is 12.5 Å². The summed E-state index contributed by atoms with van der Waals surface area (Å²) in [5.41, 5.74) is 1.01. The Hall–Kier alpha value is -0.820. The minimum absolute atomic E-state index is 0. The predicted molar refractivity (Wildman–Crippen MR) is 91.4 cm³/mol. The van der Waals surface area contributed by atoms with Gasteiger partial charge in [0.2, 0.25) is 10.0 Å². The molecule has 0 aromatic heterocycles. The molecule has 0 saturated carbocycles. The van der Waals surface area contributed by atoms with Gasteiger partial charge in [-0.15, -0.1) is 12.4 Å². The molecule has 1 aromatic rings. The van der Waals surface area contributed by atoms with Gasteiger partial charge in [0.05, 0.1) is 4.90 Å². The molecule has 1 N–H and O–H groups in total. The molecule has 0 bridgehead atoms. The van der Waals surface area contributed by atoms with E-state index in [1.807, 2.05) is 18.2 Å². The summed E-state index contributed by atoms with van der Waals surface area (Å²) in [7, 11) is -3.33. The fraction of sp³-hybridized carbons (Fsp3) is 0.600. The molecule has 0 radical (unpaired) electrons. The van der Waals surface area contributed by atoms with Crippen LogP contribution in [0.15, 0.2) is 29.2 Å². The van der Waals surface area contributed by atoms with Gasteiger partial charge < -0.3 is 10.2 Å². The van der Waals surface area contributed by atoms with Crippen LogP contribution in [0.3, 0.4) is 0 Å². The first-order chi connectivity index (χ1) is 10.2. The minimum atomic E-state index is -3.33. The van der Waals surface area contributed by atoms with E-state index in [0.29, 0.717) is 18.0 Å². The van der Waals surface area contributed by atoms with Gasteiger partial charge in [-0.25, -0.2) is 8.42 Å². The first kappa shape index (κ1) is 17.5. The lowest BCUT2D eigenvalue weighted by atomic mass is 10.2. The van der Waals surface area contributed by atoms with Crippen molar-refractivity contribution in [3.8, 4) is 0 Å². The Labute approximate surface area is 139 Å². The average Bonchev–Trinajstić information content (AvgIpc) is 2.57. The van der Waals surface area contributed by atoms with Crippen molar-refractivity contribution >= 4 is 28.1 Å². The molecule has 0 spiro atoms. The normalized spacial score (nSPS) is 20.5. The Morgan fingerprint density at radius 1 is 0.955 bits per heavy atom. The lowest BCUT2D eigenvalue weighted by molar-refractivity contribution is 0.346. The maximum atomic E-state index is 12.7. The van der Waals surface area contributed by atoms with Gasteiger partial charge in [0, 0.05) is 45.0 Å². The van der Waals surface area contributed by atoms with Crippen molar-refractivity contribution in [2.75, 3.05) is 44.2 Å². The summed E-state index contributed by atoms with van der Waals surface area (Å²) >= 11 is 0. The first-order valence-corrected chi connectivity index (χ1v) is 9.18. The van der Waals surface area contributed by atoms with Crippen molar-refractivity contribution < 1.29 is 8.42 Å². The van der Waals surface area contributed by atoms with E-state index in [1.165, 1.54) is 0 Å². The van der Waals surface area contributed by atoms with E-state index in [0.717, 1.165) is 51.1 Å². The number of hydrogen-bond donors (Lipinski definition) is 1. The van der Waals surface area contributed by atoms with Gasteiger partial charge in [-0.3, -0.25) is 0 Å². The van der Waals surface area contributed by atoms with E-state index in [1.54, 1.807) is 10.4 Å². The second-order valence-corrected chi connectivity index (χ2v) is 7.64. The van der Waals surface area contributed by atoms with Crippen LogP contribution < -0.4 is 10.2 Å². The summed E-state index contributed by atoms with van der Waals surface area (Å²) in [6, 6.07) is 7.40. The van der Waals surface area contributed by atoms with E-state index in [4.69, 9.17) is 0 Å². The van der Waals surface area contributed by atoms with E-state index in [-0.39, 0.29) is 12.4 Å². The summed E-state index contributed by atoms with van der Waals surface area (Å²) in [6.07, 6.45) is 3.07. The zero-order valence-corrected chi connectivity index (χ0v) is 14.3. The third-order valence-electron chi connectivity index (χ3n) is 4.25. The van der Waals surface area contributed by atoms with Crippen LogP contribution >= 0.6 is 12.4 Å². The van der Waals surface area contributed by atoms with Crippen molar-refractivity contribution in [2.24, 2.45) is 0 Å². The molecule has 22 heavy (non-hydrogen) atoms. The molecule has 0 atom stereocenters. The number of anilines is 1. The summed E-state index contributed by atoms with van der Waals surface area (Å²) < 4.78 is 27.1. The molecular weight excluding hydrogens is 322 g/mol. The van der Waals surface area contributed by atoms with Crippen LogP contribution in [0.4, 0.5) is 5.69 Å². The Balaban J connectivity index is 0.00000176. The number of nitrogens with one attached hydrogen (secondary N) is 1. The van der Waals surface area contributed by atoms with Crippen LogP contribution in [0, 0.1) is 0 Å². The van der Waals surface area contributed by atoms with Gasteiger partial charge in [0.1, 0.15) is 0 Å². The van der Waals surface area contributed by atoms with E-state index in [9.17, 15) is 8.42 Å². The van der Waals surface area contributed by atoms with Crippen molar-refractivity contribution in [2.45, 2.75) is 24.2 Å². The highest BCUT2D eigenvalue weighted by atomic mass is 35.5. The second kappa shape index (κ2) is 7.64. The molecule has 2 fully saturated rings. The highest BCUT2D eigenvalue weighted by molar-refractivity contribution is 7.89.